The van der Waals surface area contributed by atoms with Crippen LogP contribution in [0.3, 0.4) is 0 Å². The minimum absolute atomic E-state index is 0.798. The molecule has 2 rings (SSSR count). The van der Waals surface area contributed by atoms with E-state index in [0.717, 1.165) is 5.92 Å². The third-order valence-corrected chi connectivity index (χ3v) is 3.27. The number of nitrogens with zero attached hydrogens (tertiary/aromatic N) is 1. The first kappa shape index (κ1) is 13.2. The molecule has 0 bridgehead atoms. The number of hydrogen-bond donors (Lipinski definition) is 0. The van der Waals surface area contributed by atoms with Gasteiger partial charge in [-0.3, -0.25) is 0 Å². The van der Waals surface area contributed by atoms with Gasteiger partial charge in [-0.2, -0.15) is 0 Å². The fourth-order valence-electron chi connectivity index (χ4n) is 2.18. The van der Waals surface area contributed by atoms with Crippen LogP contribution in [0.2, 0.25) is 0 Å². The molecule has 0 atom stereocenters. The molecule has 1 nitrogen and oxygen atoms in total. The Morgan fingerprint density at radius 2 is 1.50 bits per heavy atom. The quantitative estimate of drug-likeness (QED) is 0.694. The molecule has 1 heterocycles. The fraction of sp³-hybridized carbons (Fsp3) is 0.600. The van der Waals surface area contributed by atoms with E-state index in [1.165, 1.54) is 37.1 Å². The summed E-state index contributed by atoms with van der Waals surface area (Å²) in [5.74, 6) is 0.798. The zero-order valence-corrected chi connectivity index (χ0v) is 11.2. The second-order valence-electron chi connectivity index (χ2n) is 4.49. The summed E-state index contributed by atoms with van der Waals surface area (Å²) in [6.45, 7) is 8.65. The van der Waals surface area contributed by atoms with Gasteiger partial charge in [-0.05, 0) is 51.4 Å². The monoisotopic (exact) mass is 219 g/mol. The van der Waals surface area contributed by atoms with Gasteiger partial charge in [0.2, 0.25) is 0 Å². The molecule has 0 aliphatic carbocycles. The van der Waals surface area contributed by atoms with E-state index in [4.69, 9.17) is 0 Å². The summed E-state index contributed by atoms with van der Waals surface area (Å²) in [5, 5.41) is 0. The molecule has 1 aromatic rings. The summed E-state index contributed by atoms with van der Waals surface area (Å²) in [5.41, 5.74) is 2.89. The highest BCUT2D eigenvalue weighted by Gasteiger charge is 2.17. The smallest absolute Gasteiger partial charge is 0.00159 e. The van der Waals surface area contributed by atoms with Crippen molar-refractivity contribution < 1.29 is 0 Å². The van der Waals surface area contributed by atoms with Crippen LogP contribution < -0.4 is 0 Å². The van der Waals surface area contributed by atoms with Crippen molar-refractivity contribution in [2.45, 2.75) is 39.5 Å². The van der Waals surface area contributed by atoms with Crippen molar-refractivity contribution in [1.29, 1.82) is 0 Å². The first-order valence-corrected chi connectivity index (χ1v) is 6.51. The van der Waals surface area contributed by atoms with Gasteiger partial charge in [0.15, 0.2) is 0 Å². The van der Waals surface area contributed by atoms with Crippen molar-refractivity contribution in [2.24, 2.45) is 0 Å². The van der Waals surface area contributed by atoms with Gasteiger partial charge in [0, 0.05) is 0 Å². The first-order valence-electron chi connectivity index (χ1n) is 6.51. The Hall–Kier alpha value is -0.820. The summed E-state index contributed by atoms with van der Waals surface area (Å²) < 4.78 is 0. The van der Waals surface area contributed by atoms with Crippen molar-refractivity contribution in [1.82, 2.24) is 4.90 Å². The van der Waals surface area contributed by atoms with E-state index in [0.29, 0.717) is 0 Å². The molecule has 0 amide bonds. The van der Waals surface area contributed by atoms with Gasteiger partial charge >= 0.3 is 0 Å². The van der Waals surface area contributed by atoms with Crippen LogP contribution in [0.15, 0.2) is 24.3 Å². The first-order chi connectivity index (χ1) is 7.75. The molecule has 0 radical (unpaired) electrons. The van der Waals surface area contributed by atoms with E-state index in [1.807, 2.05) is 13.8 Å². The number of benzene rings is 1. The SMILES string of the molecule is CC.Cc1ccc(C2CCN(C)CC2)cc1. The zero-order valence-electron chi connectivity index (χ0n) is 11.2. The number of likely N-dealkylation sites (tertiary alicyclic amines) is 1. The van der Waals surface area contributed by atoms with Gasteiger partial charge < -0.3 is 4.90 Å². The van der Waals surface area contributed by atoms with Crippen LogP contribution in [0.5, 0.6) is 0 Å². The molecular formula is C15H25N. The molecule has 0 aromatic heterocycles. The predicted molar refractivity (Wildman–Crippen MR) is 72.0 cm³/mol. The lowest BCUT2D eigenvalue weighted by atomic mass is 9.89. The maximum atomic E-state index is 2.42. The topological polar surface area (TPSA) is 3.24 Å². The lowest BCUT2D eigenvalue weighted by molar-refractivity contribution is 0.255. The van der Waals surface area contributed by atoms with Crippen molar-refractivity contribution in [2.75, 3.05) is 20.1 Å². The lowest BCUT2D eigenvalue weighted by Gasteiger charge is -2.29. The Labute approximate surface area is 100 Å². The molecule has 1 heteroatoms. The highest BCUT2D eigenvalue weighted by atomic mass is 15.1. The minimum Gasteiger partial charge on any atom is -0.306 e. The third kappa shape index (κ3) is 3.64. The number of rotatable bonds is 1. The van der Waals surface area contributed by atoms with Crippen LogP contribution in [0.25, 0.3) is 0 Å². The summed E-state index contributed by atoms with van der Waals surface area (Å²) in [6, 6.07) is 9.05. The summed E-state index contributed by atoms with van der Waals surface area (Å²) in [4.78, 5) is 2.42. The number of hydrogen-bond acceptors (Lipinski definition) is 1. The second-order valence-corrected chi connectivity index (χ2v) is 4.49. The fourth-order valence-corrected chi connectivity index (χ4v) is 2.18. The van der Waals surface area contributed by atoms with E-state index in [-0.39, 0.29) is 0 Å². The molecule has 1 saturated heterocycles. The Kier molecular flexibility index (Phi) is 5.54. The van der Waals surface area contributed by atoms with Crippen molar-refractivity contribution >= 4 is 0 Å². The normalized spacial score (nSPS) is 17.8. The maximum absolute atomic E-state index is 2.42. The van der Waals surface area contributed by atoms with E-state index < -0.39 is 0 Å². The summed E-state index contributed by atoms with van der Waals surface area (Å²) >= 11 is 0. The van der Waals surface area contributed by atoms with Crippen LogP contribution in [0.1, 0.15) is 43.7 Å². The summed E-state index contributed by atoms with van der Waals surface area (Å²) in [7, 11) is 2.21. The van der Waals surface area contributed by atoms with Gasteiger partial charge in [0.05, 0.1) is 0 Å². The van der Waals surface area contributed by atoms with Crippen molar-refractivity contribution in [3.63, 3.8) is 0 Å². The van der Waals surface area contributed by atoms with E-state index in [1.54, 1.807) is 0 Å². The molecule has 0 saturated carbocycles. The zero-order chi connectivity index (χ0) is 12.0. The molecule has 1 fully saturated rings. The van der Waals surface area contributed by atoms with Gasteiger partial charge in [-0.15, -0.1) is 0 Å². The van der Waals surface area contributed by atoms with Crippen molar-refractivity contribution in [3.05, 3.63) is 35.4 Å². The average molecular weight is 219 g/mol. The van der Waals surface area contributed by atoms with Crippen LogP contribution >= 0.6 is 0 Å². The third-order valence-electron chi connectivity index (χ3n) is 3.27. The molecule has 0 spiro atoms. The Morgan fingerprint density at radius 1 is 1.00 bits per heavy atom. The Balaban J connectivity index is 0.000000606. The van der Waals surface area contributed by atoms with E-state index >= 15 is 0 Å². The minimum atomic E-state index is 0.798. The molecule has 1 aliphatic rings. The standard InChI is InChI=1S/C13H19N.C2H6/c1-11-3-5-12(6-4-11)13-7-9-14(2)10-8-13;1-2/h3-6,13H,7-10H2,1-2H3;1-2H3. The van der Waals surface area contributed by atoms with E-state index in [2.05, 4.69) is 43.1 Å². The molecule has 1 aliphatic heterocycles. The molecule has 1 aromatic carbocycles. The molecule has 0 N–H and O–H groups in total. The number of aryl methyl sites for hydroxylation is 1. The number of piperidine rings is 1. The predicted octanol–water partition coefficient (Wildman–Crippen LogP) is 3.83. The van der Waals surface area contributed by atoms with Gasteiger partial charge in [0.1, 0.15) is 0 Å². The van der Waals surface area contributed by atoms with Crippen molar-refractivity contribution in [3.8, 4) is 0 Å². The van der Waals surface area contributed by atoms with Crippen LogP contribution in [0.4, 0.5) is 0 Å². The van der Waals surface area contributed by atoms with Crippen LogP contribution in [0, 0.1) is 6.92 Å². The Bertz CT molecular complexity index is 281. The van der Waals surface area contributed by atoms with Crippen LogP contribution in [-0.2, 0) is 0 Å². The van der Waals surface area contributed by atoms with Crippen LogP contribution in [-0.4, -0.2) is 25.0 Å². The Morgan fingerprint density at radius 3 is 2.00 bits per heavy atom. The van der Waals surface area contributed by atoms with Gasteiger partial charge in [-0.25, -0.2) is 0 Å². The average Bonchev–Trinajstić information content (AvgIpc) is 2.34. The summed E-state index contributed by atoms with van der Waals surface area (Å²) in [6.07, 6.45) is 2.64. The molecular weight excluding hydrogens is 194 g/mol. The molecule has 16 heavy (non-hydrogen) atoms. The lowest BCUT2D eigenvalue weighted by Crippen LogP contribution is -2.29. The van der Waals surface area contributed by atoms with Gasteiger partial charge in [-0.1, -0.05) is 43.7 Å². The highest BCUT2D eigenvalue weighted by Crippen LogP contribution is 2.27. The van der Waals surface area contributed by atoms with E-state index in [9.17, 15) is 0 Å². The molecule has 0 unspecified atom stereocenters. The molecule has 90 valence electrons. The van der Waals surface area contributed by atoms with Gasteiger partial charge in [0.25, 0.3) is 0 Å². The largest absolute Gasteiger partial charge is 0.306 e. The highest BCUT2D eigenvalue weighted by molar-refractivity contribution is 5.24. The second kappa shape index (κ2) is 6.70. The maximum Gasteiger partial charge on any atom is -0.00159 e.